The fraction of sp³-hybridized carbons (Fsp3) is 0.368. The Hall–Kier alpha value is -1.80. The monoisotopic (exact) mass is 281 g/mol. The molecule has 0 bridgehead atoms. The van der Waals surface area contributed by atoms with Crippen LogP contribution in [0, 0.1) is 6.92 Å². The van der Waals surface area contributed by atoms with Crippen LogP contribution in [-0.2, 0) is 12.8 Å². The second kappa shape index (κ2) is 5.19. The third-order valence-corrected chi connectivity index (χ3v) is 4.05. The van der Waals surface area contributed by atoms with E-state index in [0.29, 0.717) is 0 Å². The van der Waals surface area contributed by atoms with Crippen LogP contribution in [0.5, 0.6) is 5.75 Å². The van der Waals surface area contributed by atoms with E-state index < -0.39 is 0 Å². The van der Waals surface area contributed by atoms with E-state index in [0.717, 1.165) is 18.6 Å². The Morgan fingerprint density at radius 3 is 2.76 bits per heavy atom. The van der Waals surface area contributed by atoms with Crippen molar-refractivity contribution < 1.29 is 4.74 Å². The molecule has 1 unspecified atom stereocenters. The molecule has 0 fully saturated rings. The van der Waals surface area contributed by atoms with E-state index in [2.05, 4.69) is 63.2 Å². The molecule has 0 spiro atoms. The number of aryl methyl sites for hydroxylation is 1. The van der Waals surface area contributed by atoms with Gasteiger partial charge in [0, 0.05) is 12.5 Å². The van der Waals surface area contributed by atoms with Gasteiger partial charge in [0.2, 0.25) is 0 Å². The maximum atomic E-state index is 6.40. The van der Waals surface area contributed by atoms with Crippen molar-refractivity contribution in [2.45, 2.75) is 45.3 Å². The predicted molar refractivity (Wildman–Crippen MR) is 86.7 cm³/mol. The van der Waals surface area contributed by atoms with E-state index in [1.165, 1.54) is 22.3 Å². The molecule has 1 aliphatic heterocycles. The summed E-state index contributed by atoms with van der Waals surface area (Å²) in [6, 6.07) is 15.0. The van der Waals surface area contributed by atoms with Crippen LogP contribution in [0.3, 0.4) is 0 Å². The molecule has 0 amide bonds. The maximum Gasteiger partial charge on any atom is 0.123 e. The molecular weight excluding hydrogens is 258 g/mol. The molecule has 21 heavy (non-hydrogen) atoms. The van der Waals surface area contributed by atoms with Gasteiger partial charge >= 0.3 is 0 Å². The molecule has 110 valence electrons. The topological polar surface area (TPSA) is 35.2 Å². The first-order valence-corrected chi connectivity index (χ1v) is 7.56. The molecule has 2 N–H and O–H groups in total. The Kier molecular flexibility index (Phi) is 3.50. The second-order valence-corrected chi connectivity index (χ2v) is 6.71. The van der Waals surface area contributed by atoms with E-state index in [1.807, 2.05) is 0 Å². The smallest absolute Gasteiger partial charge is 0.123 e. The lowest BCUT2D eigenvalue weighted by Crippen LogP contribution is -2.24. The summed E-state index contributed by atoms with van der Waals surface area (Å²) in [5.41, 5.74) is 11.3. The van der Waals surface area contributed by atoms with E-state index in [9.17, 15) is 0 Å². The first-order valence-electron chi connectivity index (χ1n) is 7.56. The largest absolute Gasteiger partial charge is 0.487 e. The van der Waals surface area contributed by atoms with Crippen molar-refractivity contribution in [3.05, 3.63) is 64.7 Å². The first-order chi connectivity index (χ1) is 9.93. The third kappa shape index (κ3) is 3.11. The normalized spacial score (nSPS) is 17.1. The number of ether oxygens (including phenoxy) is 1. The summed E-state index contributed by atoms with van der Waals surface area (Å²) in [6.45, 7) is 6.36. The number of rotatable bonds is 3. The minimum Gasteiger partial charge on any atom is -0.487 e. The molecule has 2 heteroatoms. The van der Waals surface area contributed by atoms with Crippen LogP contribution in [0.15, 0.2) is 42.5 Å². The van der Waals surface area contributed by atoms with Crippen LogP contribution in [0.2, 0.25) is 0 Å². The van der Waals surface area contributed by atoms with Crippen molar-refractivity contribution >= 4 is 0 Å². The fourth-order valence-electron chi connectivity index (χ4n) is 3.07. The molecule has 0 saturated heterocycles. The number of hydrogen-bond donors (Lipinski definition) is 1. The van der Waals surface area contributed by atoms with Crippen molar-refractivity contribution in [3.63, 3.8) is 0 Å². The molecular formula is C19H23NO. The summed E-state index contributed by atoms with van der Waals surface area (Å²) < 4.78 is 5.92. The maximum absolute atomic E-state index is 6.40. The molecule has 2 aromatic carbocycles. The minimum atomic E-state index is -0.0956. The van der Waals surface area contributed by atoms with Gasteiger partial charge in [0.15, 0.2) is 0 Å². The SMILES string of the molecule is Cc1cccc(CC(N)c2ccc3c(c2)CC(C)(C)O3)c1. The summed E-state index contributed by atoms with van der Waals surface area (Å²) in [5.74, 6) is 1.01. The van der Waals surface area contributed by atoms with Gasteiger partial charge in [-0.25, -0.2) is 0 Å². The number of hydrogen-bond acceptors (Lipinski definition) is 2. The average Bonchev–Trinajstić information content (AvgIpc) is 2.71. The number of fused-ring (bicyclic) bond motifs is 1. The van der Waals surface area contributed by atoms with Crippen LogP contribution < -0.4 is 10.5 Å². The summed E-state index contributed by atoms with van der Waals surface area (Å²) in [6.07, 6.45) is 1.82. The summed E-state index contributed by atoms with van der Waals surface area (Å²) >= 11 is 0. The first kappa shape index (κ1) is 14.2. The van der Waals surface area contributed by atoms with E-state index in [4.69, 9.17) is 10.5 Å². The van der Waals surface area contributed by atoms with Gasteiger partial charge in [-0.15, -0.1) is 0 Å². The van der Waals surface area contributed by atoms with Crippen LogP contribution in [0.1, 0.15) is 42.1 Å². The van der Waals surface area contributed by atoms with Gasteiger partial charge in [-0.1, -0.05) is 42.0 Å². The number of benzene rings is 2. The quantitative estimate of drug-likeness (QED) is 0.924. The highest BCUT2D eigenvalue weighted by Gasteiger charge is 2.30. The zero-order chi connectivity index (χ0) is 15.0. The molecule has 0 saturated carbocycles. The molecule has 0 aliphatic carbocycles. The van der Waals surface area contributed by atoms with E-state index >= 15 is 0 Å². The van der Waals surface area contributed by atoms with Crippen LogP contribution in [0.25, 0.3) is 0 Å². The van der Waals surface area contributed by atoms with Crippen molar-refractivity contribution in [2.75, 3.05) is 0 Å². The van der Waals surface area contributed by atoms with Crippen molar-refractivity contribution in [3.8, 4) is 5.75 Å². The summed E-state index contributed by atoms with van der Waals surface area (Å²) in [5, 5.41) is 0. The Balaban J connectivity index is 1.79. The highest BCUT2D eigenvalue weighted by Crippen LogP contribution is 2.36. The Labute approximate surface area is 126 Å². The minimum absolute atomic E-state index is 0.0285. The summed E-state index contributed by atoms with van der Waals surface area (Å²) in [7, 11) is 0. The van der Waals surface area contributed by atoms with Crippen LogP contribution >= 0.6 is 0 Å². The van der Waals surface area contributed by atoms with Gasteiger partial charge in [-0.2, -0.15) is 0 Å². The Morgan fingerprint density at radius 2 is 2.00 bits per heavy atom. The molecule has 3 rings (SSSR count). The van der Waals surface area contributed by atoms with Crippen molar-refractivity contribution in [1.29, 1.82) is 0 Å². The Bertz CT molecular complexity index is 660. The van der Waals surface area contributed by atoms with Crippen molar-refractivity contribution in [1.82, 2.24) is 0 Å². The molecule has 1 aliphatic rings. The van der Waals surface area contributed by atoms with Gasteiger partial charge in [-0.3, -0.25) is 0 Å². The van der Waals surface area contributed by atoms with Crippen molar-refractivity contribution in [2.24, 2.45) is 5.73 Å². The molecule has 0 aromatic heterocycles. The molecule has 1 heterocycles. The van der Waals surface area contributed by atoms with Gasteiger partial charge in [-0.05, 0) is 49.9 Å². The lowest BCUT2D eigenvalue weighted by Gasteiger charge is -2.16. The third-order valence-electron chi connectivity index (χ3n) is 4.05. The van der Waals surface area contributed by atoms with Crippen LogP contribution in [0.4, 0.5) is 0 Å². The van der Waals surface area contributed by atoms with Gasteiger partial charge in [0.1, 0.15) is 11.4 Å². The highest BCUT2D eigenvalue weighted by molar-refractivity contribution is 5.43. The zero-order valence-electron chi connectivity index (χ0n) is 13.0. The number of nitrogens with two attached hydrogens (primary N) is 1. The average molecular weight is 281 g/mol. The lowest BCUT2D eigenvalue weighted by molar-refractivity contribution is 0.138. The lowest BCUT2D eigenvalue weighted by atomic mass is 9.95. The van der Waals surface area contributed by atoms with Gasteiger partial charge < -0.3 is 10.5 Å². The van der Waals surface area contributed by atoms with E-state index in [1.54, 1.807) is 0 Å². The van der Waals surface area contributed by atoms with Gasteiger partial charge in [0.25, 0.3) is 0 Å². The molecule has 0 radical (unpaired) electrons. The Morgan fingerprint density at radius 1 is 1.19 bits per heavy atom. The van der Waals surface area contributed by atoms with E-state index in [-0.39, 0.29) is 11.6 Å². The van der Waals surface area contributed by atoms with Gasteiger partial charge in [0.05, 0.1) is 0 Å². The summed E-state index contributed by atoms with van der Waals surface area (Å²) in [4.78, 5) is 0. The molecule has 2 aromatic rings. The zero-order valence-corrected chi connectivity index (χ0v) is 13.0. The second-order valence-electron chi connectivity index (χ2n) is 6.71. The molecule has 2 nitrogen and oxygen atoms in total. The standard InChI is InChI=1S/C19H23NO/c1-13-5-4-6-14(9-13)10-17(20)15-7-8-18-16(11-15)12-19(2,3)21-18/h4-9,11,17H,10,12,20H2,1-3H3. The predicted octanol–water partition coefficient (Wildman–Crippen LogP) is 3.95. The molecule has 1 atom stereocenters. The fourth-order valence-corrected chi connectivity index (χ4v) is 3.07. The highest BCUT2D eigenvalue weighted by atomic mass is 16.5. The van der Waals surface area contributed by atoms with Crippen LogP contribution in [-0.4, -0.2) is 5.60 Å².